The van der Waals surface area contributed by atoms with E-state index in [1.165, 1.54) is 31.1 Å². The van der Waals surface area contributed by atoms with Crippen LogP contribution >= 0.6 is 11.3 Å². The van der Waals surface area contributed by atoms with Gasteiger partial charge in [0.25, 0.3) is 0 Å². The Morgan fingerprint density at radius 1 is 1.38 bits per heavy atom. The number of amides is 1. The van der Waals surface area contributed by atoms with Crippen molar-refractivity contribution < 1.29 is 18.7 Å². The summed E-state index contributed by atoms with van der Waals surface area (Å²) in [5.74, 6) is 0.320. The molecule has 1 aliphatic carbocycles. The molecule has 2 aliphatic rings. The van der Waals surface area contributed by atoms with Gasteiger partial charge in [-0.25, -0.2) is 9.37 Å². The number of hydrogen-bond donors (Lipinski definition) is 1. The molecule has 0 bridgehead atoms. The third-order valence-corrected chi connectivity index (χ3v) is 6.65. The highest BCUT2D eigenvalue weighted by Crippen LogP contribution is 2.37. The van der Waals surface area contributed by atoms with E-state index in [-0.39, 0.29) is 23.9 Å². The normalized spacial score (nSPS) is 22.5. The van der Waals surface area contributed by atoms with Crippen LogP contribution in [0.5, 0.6) is 5.75 Å². The second-order valence-corrected chi connectivity index (χ2v) is 9.10. The van der Waals surface area contributed by atoms with Gasteiger partial charge in [0.15, 0.2) is 16.7 Å². The van der Waals surface area contributed by atoms with Gasteiger partial charge in [-0.05, 0) is 50.7 Å². The van der Waals surface area contributed by atoms with E-state index in [2.05, 4.69) is 15.2 Å². The van der Waals surface area contributed by atoms with Crippen molar-refractivity contribution in [2.45, 2.75) is 51.7 Å². The van der Waals surface area contributed by atoms with Crippen molar-refractivity contribution in [2.75, 3.05) is 31.2 Å². The molecule has 2 heterocycles. The molecule has 0 spiro atoms. The van der Waals surface area contributed by atoms with Crippen LogP contribution in [0.2, 0.25) is 0 Å². The molecule has 1 aromatic heterocycles. The lowest BCUT2D eigenvalue weighted by Gasteiger charge is -2.35. The van der Waals surface area contributed by atoms with Gasteiger partial charge in [0.05, 0.1) is 29.5 Å². The Hall–Kier alpha value is -1.93. The summed E-state index contributed by atoms with van der Waals surface area (Å²) in [5.41, 5.74) is 0.701. The second kappa shape index (κ2) is 8.83. The van der Waals surface area contributed by atoms with Crippen LogP contribution in [-0.4, -0.2) is 49.3 Å². The largest absolute Gasteiger partial charge is 0.490 e. The Balaban J connectivity index is 1.26. The number of carbonyl (C=O) groups excluding carboxylic acids is 1. The number of carbonyl (C=O) groups is 1. The fourth-order valence-electron chi connectivity index (χ4n) is 3.91. The molecule has 2 fully saturated rings. The number of hydrogen-bond acceptors (Lipinski definition) is 6. The highest BCUT2D eigenvalue weighted by Gasteiger charge is 2.31. The molecule has 1 saturated heterocycles. The molecule has 0 unspecified atom stereocenters. The van der Waals surface area contributed by atoms with Crippen LogP contribution in [0.25, 0.3) is 10.2 Å². The average molecular weight is 422 g/mol. The van der Waals surface area contributed by atoms with Crippen molar-refractivity contribution in [3.63, 3.8) is 0 Å². The minimum absolute atomic E-state index is 0.00785. The number of rotatable bonds is 8. The van der Waals surface area contributed by atoms with Gasteiger partial charge >= 0.3 is 0 Å². The van der Waals surface area contributed by atoms with Crippen molar-refractivity contribution in [2.24, 2.45) is 5.92 Å². The first-order chi connectivity index (χ1) is 14.0. The van der Waals surface area contributed by atoms with Gasteiger partial charge in [-0.3, -0.25) is 4.79 Å². The van der Waals surface area contributed by atoms with Gasteiger partial charge in [0.1, 0.15) is 0 Å². The molecule has 158 valence electrons. The Bertz CT molecular complexity index is 862. The van der Waals surface area contributed by atoms with Gasteiger partial charge in [-0.15, -0.1) is 0 Å². The highest BCUT2D eigenvalue weighted by atomic mass is 32.1. The first-order valence-corrected chi connectivity index (χ1v) is 11.2. The minimum Gasteiger partial charge on any atom is -0.490 e. The average Bonchev–Trinajstić information content (AvgIpc) is 3.30. The summed E-state index contributed by atoms with van der Waals surface area (Å²) < 4.78 is 27.1. The van der Waals surface area contributed by atoms with Gasteiger partial charge in [0, 0.05) is 26.1 Å². The minimum atomic E-state index is -0.304. The van der Waals surface area contributed by atoms with Crippen molar-refractivity contribution in [3.8, 4) is 5.75 Å². The third-order valence-electron chi connectivity index (χ3n) is 5.53. The van der Waals surface area contributed by atoms with Gasteiger partial charge in [0.2, 0.25) is 5.91 Å². The fourth-order valence-corrected chi connectivity index (χ4v) is 4.96. The summed E-state index contributed by atoms with van der Waals surface area (Å²) in [6.45, 7) is 6.42. The van der Waals surface area contributed by atoms with Crippen molar-refractivity contribution >= 4 is 32.6 Å². The number of nitrogens with zero attached hydrogens (tertiary/aromatic N) is 2. The maximum absolute atomic E-state index is 14.9. The maximum atomic E-state index is 14.9. The zero-order valence-electron chi connectivity index (χ0n) is 16.9. The van der Waals surface area contributed by atoms with Crippen LogP contribution in [0.4, 0.5) is 9.52 Å². The number of nitrogens with one attached hydrogen (secondary N) is 1. The number of benzene rings is 1. The summed E-state index contributed by atoms with van der Waals surface area (Å²) >= 11 is 1.41. The third kappa shape index (κ3) is 4.80. The Morgan fingerprint density at radius 3 is 2.86 bits per heavy atom. The maximum Gasteiger partial charge on any atom is 0.217 e. The Kier molecular flexibility index (Phi) is 6.20. The zero-order chi connectivity index (χ0) is 20.4. The van der Waals surface area contributed by atoms with Crippen molar-refractivity contribution in [3.05, 3.63) is 17.9 Å². The molecular formula is C21H28FN3O3S. The van der Waals surface area contributed by atoms with E-state index in [4.69, 9.17) is 9.47 Å². The van der Waals surface area contributed by atoms with Crippen LogP contribution in [0.1, 0.15) is 39.5 Å². The summed E-state index contributed by atoms with van der Waals surface area (Å²) in [5, 5.41) is 3.71. The van der Waals surface area contributed by atoms with E-state index < -0.39 is 0 Å². The predicted molar refractivity (Wildman–Crippen MR) is 112 cm³/mol. The molecule has 6 nitrogen and oxygen atoms in total. The summed E-state index contributed by atoms with van der Waals surface area (Å²) in [6, 6.07) is 3.54. The van der Waals surface area contributed by atoms with E-state index in [1.54, 1.807) is 6.07 Å². The van der Waals surface area contributed by atoms with Gasteiger partial charge < -0.3 is 19.7 Å². The van der Waals surface area contributed by atoms with E-state index in [0.29, 0.717) is 35.1 Å². The van der Waals surface area contributed by atoms with E-state index in [0.717, 1.165) is 31.1 Å². The smallest absolute Gasteiger partial charge is 0.217 e. The molecule has 4 rings (SSSR count). The van der Waals surface area contributed by atoms with Crippen molar-refractivity contribution in [1.29, 1.82) is 0 Å². The van der Waals surface area contributed by atoms with Gasteiger partial charge in [-0.2, -0.15) is 0 Å². The summed E-state index contributed by atoms with van der Waals surface area (Å²) in [4.78, 5) is 17.8. The van der Waals surface area contributed by atoms with Crippen LogP contribution in [0.15, 0.2) is 12.1 Å². The molecule has 1 N–H and O–H groups in total. The van der Waals surface area contributed by atoms with E-state index >= 15 is 0 Å². The molecule has 1 atom stereocenters. The lowest BCUT2D eigenvalue weighted by Crippen LogP contribution is -2.40. The van der Waals surface area contributed by atoms with E-state index in [1.807, 2.05) is 13.0 Å². The van der Waals surface area contributed by atoms with E-state index in [9.17, 15) is 9.18 Å². The van der Waals surface area contributed by atoms with Crippen LogP contribution in [0, 0.1) is 11.7 Å². The second-order valence-electron chi connectivity index (χ2n) is 8.12. The number of fused-ring (bicyclic) bond motifs is 1. The molecule has 0 radical (unpaired) electrons. The summed E-state index contributed by atoms with van der Waals surface area (Å²) in [6.07, 6.45) is 4.33. The molecule has 1 aromatic carbocycles. The Morgan fingerprint density at radius 2 is 2.14 bits per heavy atom. The quantitative estimate of drug-likeness (QED) is 0.704. The fraction of sp³-hybridized carbons (Fsp3) is 0.619. The summed E-state index contributed by atoms with van der Waals surface area (Å²) in [7, 11) is 0. The molecule has 29 heavy (non-hydrogen) atoms. The number of ether oxygens (including phenoxy) is 2. The molecule has 2 aromatic rings. The van der Waals surface area contributed by atoms with Crippen LogP contribution in [-0.2, 0) is 9.53 Å². The molecule has 1 amide bonds. The topological polar surface area (TPSA) is 63.7 Å². The number of aromatic nitrogens is 1. The number of anilines is 1. The lowest BCUT2D eigenvalue weighted by molar-refractivity contribution is -0.120. The SMILES string of the molecule is CC(=O)N[C@@H](C)CO[C@H]1C[C@H](COc2ccc3nc(N4CCCC4)sc3c2F)C1. The molecule has 1 saturated carbocycles. The number of halogens is 1. The van der Waals surface area contributed by atoms with Crippen LogP contribution in [0.3, 0.4) is 0 Å². The standard InChI is InChI=1S/C21H28FN3O3S/c1-13(23-14(2)26)11-27-16-9-15(10-16)12-28-18-6-5-17-20(19(18)22)29-21(24-17)25-7-3-4-8-25/h5-6,13,15-16H,3-4,7-12H2,1-2H3,(H,23,26)/t13-,15-,16-/m0/s1. The number of thiazole rings is 1. The first kappa shape index (κ1) is 20.3. The molecule has 8 heteroatoms. The van der Waals surface area contributed by atoms with Gasteiger partial charge in [-0.1, -0.05) is 11.3 Å². The predicted octanol–water partition coefficient (Wildman–Crippen LogP) is 3.73. The lowest BCUT2D eigenvalue weighted by atomic mass is 9.83. The van der Waals surface area contributed by atoms with Crippen LogP contribution < -0.4 is 15.0 Å². The molecule has 1 aliphatic heterocycles. The first-order valence-electron chi connectivity index (χ1n) is 10.3. The Labute approximate surface area is 174 Å². The van der Waals surface area contributed by atoms with Crippen molar-refractivity contribution in [1.82, 2.24) is 10.3 Å². The zero-order valence-corrected chi connectivity index (χ0v) is 17.8. The highest BCUT2D eigenvalue weighted by molar-refractivity contribution is 7.22. The molecular weight excluding hydrogens is 393 g/mol. The monoisotopic (exact) mass is 421 g/mol.